The van der Waals surface area contributed by atoms with Crippen molar-refractivity contribution in [3.8, 4) is 0 Å². The summed E-state index contributed by atoms with van der Waals surface area (Å²) in [6.07, 6.45) is 12.1. The zero-order valence-corrected chi connectivity index (χ0v) is 17.4. The zero-order valence-electron chi connectivity index (χ0n) is 17.4. The number of nitrogens with one attached hydrogen (secondary N) is 1. The van der Waals surface area contributed by atoms with Crippen LogP contribution in [0.1, 0.15) is 68.9 Å². The van der Waals surface area contributed by atoms with E-state index in [0.717, 1.165) is 31.2 Å². The van der Waals surface area contributed by atoms with E-state index < -0.39 is 4.92 Å². The number of para-hydroxylation sites is 1. The summed E-state index contributed by atoms with van der Waals surface area (Å²) >= 11 is 0. The van der Waals surface area contributed by atoms with Gasteiger partial charge >= 0.3 is 0 Å². The number of benzene rings is 2. The largest absolute Gasteiger partial charge is 0.349 e. The molecule has 0 aromatic heterocycles. The SMILES string of the molecule is O=C(NC1CCCCCCCCC1)/C(=C/c1ccccc1[N+](=O)[O-])c1ccccc1. The number of carbonyl (C=O) groups is 1. The van der Waals surface area contributed by atoms with Crippen molar-refractivity contribution in [1.29, 1.82) is 0 Å². The molecular weight excluding hydrogens is 376 g/mol. The minimum Gasteiger partial charge on any atom is -0.349 e. The molecule has 0 bridgehead atoms. The smallest absolute Gasteiger partial charge is 0.276 e. The third-order valence-electron chi connectivity index (χ3n) is 5.70. The Kier molecular flexibility index (Phi) is 8.19. The number of nitrogens with zero attached hydrogens (tertiary/aromatic N) is 1. The highest BCUT2D eigenvalue weighted by Gasteiger charge is 2.19. The van der Waals surface area contributed by atoms with Gasteiger partial charge in [0.25, 0.3) is 11.6 Å². The number of nitro groups is 1. The van der Waals surface area contributed by atoms with Crippen LogP contribution in [-0.2, 0) is 4.79 Å². The molecule has 0 atom stereocenters. The van der Waals surface area contributed by atoms with Crippen LogP contribution in [-0.4, -0.2) is 16.9 Å². The van der Waals surface area contributed by atoms with Crippen LogP contribution in [0.2, 0.25) is 0 Å². The van der Waals surface area contributed by atoms with E-state index in [1.807, 2.05) is 30.3 Å². The van der Waals surface area contributed by atoms with E-state index in [0.29, 0.717) is 11.1 Å². The van der Waals surface area contributed by atoms with E-state index in [1.54, 1.807) is 24.3 Å². The average molecular weight is 407 g/mol. The number of amides is 1. The van der Waals surface area contributed by atoms with Gasteiger partial charge in [0, 0.05) is 17.7 Å². The summed E-state index contributed by atoms with van der Waals surface area (Å²) in [4.78, 5) is 24.3. The number of nitro benzene ring substituents is 1. The fraction of sp³-hybridized carbons (Fsp3) is 0.400. The zero-order chi connectivity index (χ0) is 21.2. The second-order valence-corrected chi connectivity index (χ2v) is 7.96. The van der Waals surface area contributed by atoms with Crippen molar-refractivity contribution in [2.45, 2.75) is 63.8 Å². The molecule has 1 aliphatic rings. The molecule has 0 heterocycles. The van der Waals surface area contributed by atoms with E-state index in [1.165, 1.54) is 38.2 Å². The van der Waals surface area contributed by atoms with Crippen LogP contribution < -0.4 is 5.32 Å². The van der Waals surface area contributed by atoms with E-state index >= 15 is 0 Å². The predicted octanol–water partition coefficient (Wildman–Crippen LogP) is 6.14. The Morgan fingerprint density at radius 2 is 1.43 bits per heavy atom. The first-order chi connectivity index (χ1) is 14.6. The van der Waals surface area contributed by atoms with Gasteiger partial charge in [-0.15, -0.1) is 0 Å². The van der Waals surface area contributed by atoms with Gasteiger partial charge in [-0.3, -0.25) is 14.9 Å². The summed E-state index contributed by atoms with van der Waals surface area (Å²) < 4.78 is 0. The van der Waals surface area contributed by atoms with Crippen molar-refractivity contribution in [1.82, 2.24) is 5.32 Å². The summed E-state index contributed by atoms with van der Waals surface area (Å²) in [6.45, 7) is 0. The first kappa shape index (κ1) is 21.8. The van der Waals surface area contributed by atoms with Crippen molar-refractivity contribution in [2.24, 2.45) is 0 Å². The normalized spacial score (nSPS) is 16.6. The van der Waals surface area contributed by atoms with Crippen molar-refractivity contribution in [3.05, 3.63) is 75.8 Å². The molecule has 158 valence electrons. The highest BCUT2D eigenvalue weighted by atomic mass is 16.6. The highest BCUT2D eigenvalue weighted by Crippen LogP contribution is 2.25. The molecule has 0 saturated heterocycles. The Morgan fingerprint density at radius 3 is 2.07 bits per heavy atom. The Hall–Kier alpha value is -2.95. The maximum absolute atomic E-state index is 13.3. The molecule has 5 heteroatoms. The van der Waals surface area contributed by atoms with Crippen molar-refractivity contribution >= 4 is 23.2 Å². The minimum absolute atomic E-state index is 0.00239. The second kappa shape index (κ2) is 11.3. The predicted molar refractivity (Wildman–Crippen MR) is 121 cm³/mol. The topological polar surface area (TPSA) is 72.2 Å². The number of carbonyl (C=O) groups excluding carboxylic acids is 1. The fourth-order valence-corrected chi connectivity index (χ4v) is 4.05. The Balaban J connectivity index is 1.87. The van der Waals surface area contributed by atoms with Crippen LogP contribution in [0.4, 0.5) is 5.69 Å². The van der Waals surface area contributed by atoms with Gasteiger partial charge in [0.1, 0.15) is 0 Å². The van der Waals surface area contributed by atoms with Crippen LogP contribution in [0.5, 0.6) is 0 Å². The maximum Gasteiger partial charge on any atom is 0.276 e. The number of hydrogen-bond donors (Lipinski definition) is 1. The Labute approximate surface area is 178 Å². The lowest BCUT2D eigenvalue weighted by Crippen LogP contribution is -2.35. The Morgan fingerprint density at radius 1 is 0.867 bits per heavy atom. The molecule has 0 radical (unpaired) electrons. The standard InChI is InChI=1S/C25H30N2O3/c28-25(26-22-16-9-4-2-1-3-5-10-17-22)23(20-13-7-6-8-14-20)19-21-15-11-12-18-24(21)27(29)30/h6-8,11-15,18-19,22H,1-5,9-10,16-17H2,(H,26,28)/b23-19+. The second-order valence-electron chi connectivity index (χ2n) is 7.96. The molecule has 30 heavy (non-hydrogen) atoms. The third kappa shape index (κ3) is 6.28. The first-order valence-electron chi connectivity index (χ1n) is 11.0. The minimum atomic E-state index is -0.409. The van der Waals surface area contributed by atoms with Gasteiger partial charge in [0.15, 0.2) is 0 Å². The fourth-order valence-electron chi connectivity index (χ4n) is 4.05. The number of hydrogen-bond acceptors (Lipinski definition) is 3. The van der Waals surface area contributed by atoms with E-state index in [2.05, 4.69) is 5.32 Å². The third-order valence-corrected chi connectivity index (χ3v) is 5.70. The van der Waals surface area contributed by atoms with Gasteiger partial charge < -0.3 is 5.32 Å². The van der Waals surface area contributed by atoms with Gasteiger partial charge in [-0.1, -0.05) is 87.4 Å². The van der Waals surface area contributed by atoms with Crippen LogP contribution in [0.3, 0.4) is 0 Å². The van der Waals surface area contributed by atoms with Crippen LogP contribution in [0.25, 0.3) is 11.6 Å². The molecule has 0 unspecified atom stereocenters. The summed E-state index contributed by atoms with van der Waals surface area (Å²) in [5, 5.41) is 14.7. The van der Waals surface area contributed by atoms with Crippen molar-refractivity contribution in [2.75, 3.05) is 0 Å². The first-order valence-corrected chi connectivity index (χ1v) is 11.0. The molecule has 1 saturated carbocycles. The summed E-state index contributed by atoms with van der Waals surface area (Å²) in [5.74, 6) is -0.165. The Bertz CT molecular complexity index is 867. The number of rotatable bonds is 5. The quantitative estimate of drug-likeness (QED) is 0.280. The lowest BCUT2D eigenvalue weighted by atomic mass is 9.96. The molecule has 0 spiro atoms. The van der Waals surface area contributed by atoms with Crippen molar-refractivity contribution in [3.63, 3.8) is 0 Å². The molecule has 1 N–H and O–H groups in total. The van der Waals surface area contributed by atoms with Gasteiger partial charge in [-0.2, -0.15) is 0 Å². The van der Waals surface area contributed by atoms with Gasteiger partial charge in [0.05, 0.1) is 10.5 Å². The molecule has 2 aromatic rings. The van der Waals surface area contributed by atoms with Gasteiger partial charge in [-0.25, -0.2) is 0 Å². The maximum atomic E-state index is 13.3. The lowest BCUT2D eigenvalue weighted by molar-refractivity contribution is -0.385. The van der Waals surface area contributed by atoms with Crippen LogP contribution >= 0.6 is 0 Å². The molecule has 1 amide bonds. The summed E-state index contributed by atoms with van der Waals surface area (Å²) in [7, 11) is 0. The van der Waals surface area contributed by atoms with Crippen LogP contribution in [0.15, 0.2) is 54.6 Å². The van der Waals surface area contributed by atoms with Crippen molar-refractivity contribution < 1.29 is 9.72 Å². The van der Waals surface area contributed by atoms with E-state index in [-0.39, 0.29) is 17.6 Å². The molecule has 0 aliphatic heterocycles. The average Bonchev–Trinajstić information content (AvgIpc) is 2.77. The van der Waals surface area contributed by atoms with Gasteiger partial charge in [-0.05, 0) is 30.5 Å². The molecule has 1 fully saturated rings. The summed E-state index contributed by atoms with van der Waals surface area (Å²) in [6, 6.07) is 16.1. The summed E-state index contributed by atoms with van der Waals surface area (Å²) in [5.41, 5.74) is 1.65. The molecule has 3 rings (SSSR count). The highest BCUT2D eigenvalue weighted by molar-refractivity contribution is 6.24. The molecular formula is C25H30N2O3. The van der Waals surface area contributed by atoms with E-state index in [9.17, 15) is 14.9 Å². The molecule has 5 nitrogen and oxygen atoms in total. The van der Waals surface area contributed by atoms with Crippen LogP contribution in [0, 0.1) is 10.1 Å². The van der Waals surface area contributed by atoms with Gasteiger partial charge in [0.2, 0.25) is 0 Å². The van der Waals surface area contributed by atoms with E-state index in [4.69, 9.17) is 0 Å². The molecule has 1 aliphatic carbocycles. The lowest BCUT2D eigenvalue weighted by Gasteiger charge is -2.21. The molecule has 2 aromatic carbocycles. The monoisotopic (exact) mass is 406 g/mol.